The van der Waals surface area contributed by atoms with Crippen LogP contribution in [0.4, 0.5) is 4.79 Å². The van der Waals surface area contributed by atoms with Crippen LogP contribution >= 0.6 is 15.9 Å². The number of benzene rings is 1. The highest BCUT2D eigenvalue weighted by molar-refractivity contribution is 9.10. The van der Waals surface area contributed by atoms with Crippen LogP contribution in [0, 0.1) is 5.41 Å². The van der Waals surface area contributed by atoms with Crippen LogP contribution in [0.2, 0.25) is 0 Å². The van der Waals surface area contributed by atoms with E-state index in [0.717, 1.165) is 17.3 Å². The van der Waals surface area contributed by atoms with Crippen molar-refractivity contribution < 1.29 is 14.7 Å². The predicted molar refractivity (Wildman–Crippen MR) is 90.4 cm³/mol. The van der Waals surface area contributed by atoms with E-state index in [4.69, 9.17) is 0 Å². The van der Waals surface area contributed by atoms with E-state index in [0.29, 0.717) is 19.5 Å². The van der Waals surface area contributed by atoms with E-state index in [1.165, 1.54) is 5.56 Å². The highest BCUT2D eigenvalue weighted by Crippen LogP contribution is 2.50. The first kappa shape index (κ1) is 16.3. The summed E-state index contributed by atoms with van der Waals surface area (Å²) in [6.45, 7) is 3.06. The van der Waals surface area contributed by atoms with Crippen LogP contribution in [0.3, 0.4) is 0 Å². The van der Waals surface area contributed by atoms with E-state index in [-0.39, 0.29) is 18.0 Å². The minimum atomic E-state index is -0.834. The van der Waals surface area contributed by atoms with Crippen molar-refractivity contribution in [2.45, 2.75) is 31.6 Å². The van der Waals surface area contributed by atoms with Gasteiger partial charge in [0.25, 0.3) is 0 Å². The lowest BCUT2D eigenvalue weighted by molar-refractivity contribution is -0.146. The average molecular weight is 381 g/mol. The molecule has 1 saturated carbocycles. The van der Waals surface area contributed by atoms with Gasteiger partial charge < -0.3 is 15.3 Å². The van der Waals surface area contributed by atoms with Crippen LogP contribution in [0.15, 0.2) is 28.7 Å². The van der Waals surface area contributed by atoms with Gasteiger partial charge in [0, 0.05) is 29.5 Å². The van der Waals surface area contributed by atoms with Crippen molar-refractivity contribution in [2.24, 2.45) is 5.41 Å². The lowest BCUT2D eigenvalue weighted by Gasteiger charge is -2.23. The van der Waals surface area contributed by atoms with Gasteiger partial charge >= 0.3 is 12.0 Å². The second-order valence-corrected chi connectivity index (χ2v) is 7.81. The third-order valence-electron chi connectivity index (χ3n) is 5.15. The highest BCUT2D eigenvalue weighted by atomic mass is 79.9. The molecule has 0 aromatic heterocycles. The van der Waals surface area contributed by atoms with Crippen LogP contribution < -0.4 is 5.32 Å². The largest absolute Gasteiger partial charge is 0.481 e. The zero-order valence-corrected chi connectivity index (χ0v) is 14.7. The molecule has 0 radical (unpaired) electrons. The molecular formula is C17H21BrN2O3. The Hall–Kier alpha value is -1.56. The molecule has 2 N–H and O–H groups in total. The molecule has 2 aliphatic rings. The summed E-state index contributed by atoms with van der Waals surface area (Å²) in [6, 6.07) is 7.96. The summed E-state index contributed by atoms with van der Waals surface area (Å²) in [5, 5.41) is 12.3. The molecule has 124 valence electrons. The molecule has 5 nitrogen and oxygen atoms in total. The number of amides is 2. The van der Waals surface area contributed by atoms with Gasteiger partial charge in [-0.15, -0.1) is 0 Å². The van der Waals surface area contributed by atoms with Crippen molar-refractivity contribution in [3.05, 3.63) is 34.3 Å². The smallest absolute Gasteiger partial charge is 0.317 e. The molecule has 3 rings (SSSR count). The third-order valence-corrected chi connectivity index (χ3v) is 5.85. The van der Waals surface area contributed by atoms with Crippen molar-refractivity contribution in [1.82, 2.24) is 10.2 Å². The van der Waals surface area contributed by atoms with Crippen molar-refractivity contribution >= 4 is 27.9 Å². The maximum absolute atomic E-state index is 12.4. The molecule has 1 aliphatic heterocycles. The number of hydrogen-bond donors (Lipinski definition) is 2. The lowest BCUT2D eigenvalue weighted by atomic mass is 9.90. The minimum absolute atomic E-state index is 0.0194. The van der Waals surface area contributed by atoms with Gasteiger partial charge in [0.05, 0.1) is 5.41 Å². The second kappa shape index (κ2) is 5.82. The summed E-state index contributed by atoms with van der Waals surface area (Å²) in [7, 11) is 0. The zero-order chi connectivity index (χ0) is 16.7. The first-order valence-corrected chi connectivity index (χ1v) is 8.67. The van der Waals surface area contributed by atoms with Crippen molar-refractivity contribution in [1.29, 1.82) is 0 Å². The number of carbonyl (C=O) groups excluding carboxylic acids is 1. The van der Waals surface area contributed by atoms with Crippen LogP contribution in [0.25, 0.3) is 0 Å². The van der Waals surface area contributed by atoms with E-state index in [2.05, 4.69) is 27.3 Å². The van der Waals surface area contributed by atoms with Crippen molar-refractivity contribution in [3.63, 3.8) is 0 Å². The number of urea groups is 1. The molecular weight excluding hydrogens is 360 g/mol. The number of rotatable bonds is 4. The molecule has 0 spiro atoms. The van der Waals surface area contributed by atoms with Gasteiger partial charge in [0.15, 0.2) is 0 Å². The Bertz CT molecular complexity index is 644. The van der Waals surface area contributed by atoms with Gasteiger partial charge in [-0.25, -0.2) is 4.79 Å². The quantitative estimate of drug-likeness (QED) is 0.843. The summed E-state index contributed by atoms with van der Waals surface area (Å²) in [5.41, 5.74) is 0.430. The van der Waals surface area contributed by atoms with Gasteiger partial charge in [0.1, 0.15) is 0 Å². The van der Waals surface area contributed by atoms with Gasteiger partial charge in [-0.1, -0.05) is 34.1 Å². The molecule has 2 fully saturated rings. The monoisotopic (exact) mass is 380 g/mol. The Morgan fingerprint density at radius 3 is 2.57 bits per heavy atom. The normalized spacial score (nSPS) is 25.2. The number of carboxylic acids is 1. The number of carbonyl (C=O) groups is 2. The molecule has 0 bridgehead atoms. The van der Waals surface area contributed by atoms with Crippen LogP contribution in [0.5, 0.6) is 0 Å². The standard InChI is InChI=1S/C17H21BrN2O3/c1-16(14(21)22)8-9-20(11-16)15(23)19-10-17(6-7-17)12-4-2-3-5-13(12)18/h2-5H,6-11H2,1H3,(H,19,23)(H,21,22). The number of likely N-dealkylation sites (tertiary alicyclic amines) is 1. The third kappa shape index (κ3) is 3.09. The van der Waals surface area contributed by atoms with Crippen molar-refractivity contribution in [2.75, 3.05) is 19.6 Å². The van der Waals surface area contributed by atoms with E-state index in [1.807, 2.05) is 18.2 Å². The number of halogens is 1. The molecule has 1 aromatic carbocycles. The maximum Gasteiger partial charge on any atom is 0.317 e. The topological polar surface area (TPSA) is 69.6 Å². The molecule has 2 amide bonds. The van der Waals surface area contributed by atoms with E-state index >= 15 is 0 Å². The predicted octanol–water partition coefficient (Wildman–Crippen LogP) is 2.99. The summed E-state index contributed by atoms with van der Waals surface area (Å²) in [4.78, 5) is 25.2. The summed E-state index contributed by atoms with van der Waals surface area (Å²) in [6.07, 6.45) is 2.62. The summed E-state index contributed by atoms with van der Waals surface area (Å²) in [5.74, 6) is -0.834. The Balaban J connectivity index is 1.60. The maximum atomic E-state index is 12.4. The average Bonchev–Trinajstić information content (AvgIpc) is 3.20. The fourth-order valence-electron chi connectivity index (χ4n) is 3.25. The Labute approximate surface area is 144 Å². The van der Waals surface area contributed by atoms with Crippen molar-refractivity contribution in [3.8, 4) is 0 Å². The highest BCUT2D eigenvalue weighted by Gasteiger charge is 2.46. The number of hydrogen-bond acceptors (Lipinski definition) is 2. The van der Waals surface area contributed by atoms with Gasteiger partial charge in [0.2, 0.25) is 0 Å². The van der Waals surface area contributed by atoms with Crippen LogP contribution in [-0.4, -0.2) is 41.6 Å². The Morgan fingerprint density at radius 2 is 2.00 bits per heavy atom. The minimum Gasteiger partial charge on any atom is -0.481 e. The zero-order valence-electron chi connectivity index (χ0n) is 13.1. The molecule has 1 saturated heterocycles. The van der Waals surface area contributed by atoms with Crippen LogP contribution in [-0.2, 0) is 10.2 Å². The Morgan fingerprint density at radius 1 is 1.30 bits per heavy atom. The molecule has 1 aliphatic carbocycles. The summed E-state index contributed by atoms with van der Waals surface area (Å²) >= 11 is 3.59. The van der Waals surface area contributed by atoms with E-state index in [9.17, 15) is 14.7 Å². The lowest BCUT2D eigenvalue weighted by Crippen LogP contribution is -2.43. The fraction of sp³-hybridized carbons (Fsp3) is 0.529. The van der Waals surface area contributed by atoms with E-state index in [1.54, 1.807) is 11.8 Å². The second-order valence-electron chi connectivity index (χ2n) is 6.96. The fourth-order valence-corrected chi connectivity index (χ4v) is 3.95. The number of carboxylic acid groups (broad SMARTS) is 1. The molecule has 1 heterocycles. The molecule has 23 heavy (non-hydrogen) atoms. The SMILES string of the molecule is CC1(C(=O)O)CCN(C(=O)NCC2(c3ccccc3Br)CC2)C1. The molecule has 1 unspecified atom stereocenters. The number of aliphatic carboxylic acids is 1. The molecule has 6 heteroatoms. The molecule has 1 aromatic rings. The first-order valence-electron chi connectivity index (χ1n) is 7.88. The number of nitrogens with one attached hydrogen (secondary N) is 1. The van der Waals surface area contributed by atoms with Gasteiger partial charge in [-0.3, -0.25) is 4.79 Å². The van der Waals surface area contributed by atoms with E-state index < -0.39 is 11.4 Å². The first-order chi connectivity index (χ1) is 10.9. The summed E-state index contributed by atoms with van der Waals surface area (Å²) < 4.78 is 1.08. The molecule has 1 atom stereocenters. The Kier molecular flexibility index (Phi) is 4.12. The van der Waals surface area contributed by atoms with Gasteiger partial charge in [-0.05, 0) is 37.8 Å². The van der Waals surface area contributed by atoms with Crippen LogP contribution in [0.1, 0.15) is 31.7 Å². The number of nitrogens with zero attached hydrogens (tertiary/aromatic N) is 1. The van der Waals surface area contributed by atoms with Gasteiger partial charge in [-0.2, -0.15) is 0 Å².